The summed E-state index contributed by atoms with van der Waals surface area (Å²) in [5.74, 6) is 0.112. The van der Waals surface area contributed by atoms with Gasteiger partial charge in [0.1, 0.15) is 0 Å². The number of nitrogens with one attached hydrogen (secondary N) is 1. The van der Waals surface area contributed by atoms with Gasteiger partial charge >= 0.3 is 0 Å². The number of benzene rings is 1. The van der Waals surface area contributed by atoms with E-state index in [2.05, 4.69) is 5.32 Å². The molecular weight excluding hydrogens is 414 g/mol. The van der Waals surface area contributed by atoms with E-state index in [1.165, 1.54) is 28.6 Å². The third-order valence-corrected chi connectivity index (χ3v) is 7.76. The molecule has 3 rings (SSSR count). The normalized spacial score (nSPS) is 23.4. The molecule has 3 amide bonds. The number of carbonyl (C=O) groups excluding carboxylic acids is 3. The molecule has 10 heteroatoms. The van der Waals surface area contributed by atoms with E-state index in [1.54, 1.807) is 0 Å². The lowest BCUT2D eigenvalue weighted by atomic mass is 9.94. The van der Waals surface area contributed by atoms with Gasteiger partial charge in [0.25, 0.3) is 11.1 Å². The summed E-state index contributed by atoms with van der Waals surface area (Å²) in [5.41, 5.74) is 0.317. The van der Waals surface area contributed by atoms with Crippen LogP contribution in [0.3, 0.4) is 0 Å². The fraction of sp³-hybridized carbons (Fsp3) is 0.526. The van der Waals surface area contributed by atoms with Crippen molar-refractivity contribution in [3.63, 3.8) is 0 Å². The van der Waals surface area contributed by atoms with Gasteiger partial charge < -0.3 is 5.32 Å². The van der Waals surface area contributed by atoms with Crippen molar-refractivity contribution in [2.75, 3.05) is 31.9 Å². The minimum atomic E-state index is -3.59. The van der Waals surface area contributed by atoms with Crippen LogP contribution in [-0.2, 0) is 14.8 Å². The average molecular weight is 440 g/mol. The monoisotopic (exact) mass is 439 g/mol. The van der Waals surface area contributed by atoms with Crippen molar-refractivity contribution in [1.29, 1.82) is 0 Å². The van der Waals surface area contributed by atoms with Gasteiger partial charge in [-0.05, 0) is 42.5 Å². The van der Waals surface area contributed by atoms with Crippen LogP contribution in [0.1, 0.15) is 30.6 Å². The molecule has 2 unspecified atom stereocenters. The predicted molar refractivity (Wildman–Crippen MR) is 110 cm³/mol. The van der Waals surface area contributed by atoms with E-state index in [4.69, 9.17) is 0 Å². The second-order valence-electron chi connectivity index (χ2n) is 7.65. The highest BCUT2D eigenvalue weighted by atomic mass is 32.2. The van der Waals surface area contributed by atoms with Crippen molar-refractivity contribution < 1.29 is 22.8 Å². The quantitative estimate of drug-likeness (QED) is 0.725. The number of nitrogens with zero attached hydrogens (tertiary/aromatic N) is 2. The lowest BCUT2D eigenvalue weighted by Gasteiger charge is -2.34. The maximum Gasteiger partial charge on any atom is 0.288 e. The van der Waals surface area contributed by atoms with Gasteiger partial charge in [-0.15, -0.1) is 0 Å². The topological polar surface area (TPSA) is 104 Å². The molecule has 8 nitrogen and oxygen atoms in total. The van der Waals surface area contributed by atoms with E-state index in [1.807, 2.05) is 13.8 Å². The zero-order valence-corrected chi connectivity index (χ0v) is 18.1. The zero-order chi connectivity index (χ0) is 21.2. The van der Waals surface area contributed by atoms with Crippen molar-refractivity contribution in [3.05, 3.63) is 29.8 Å². The molecule has 2 aliphatic heterocycles. The number of carbonyl (C=O) groups is 3. The second kappa shape index (κ2) is 8.85. The lowest BCUT2D eigenvalue weighted by molar-refractivity contribution is -0.124. The van der Waals surface area contributed by atoms with Crippen LogP contribution in [0.2, 0.25) is 0 Å². The SMILES string of the molecule is CC1CC(C)CN(S(=O)(=O)c2ccc(C(=O)NCCN3C(=O)CSC3=O)cc2)C1. The summed E-state index contributed by atoms with van der Waals surface area (Å²) in [5, 5.41) is 2.34. The molecule has 2 atom stereocenters. The number of imide groups is 1. The van der Waals surface area contributed by atoms with Crippen molar-refractivity contribution in [3.8, 4) is 0 Å². The molecule has 0 aliphatic carbocycles. The first-order chi connectivity index (χ1) is 13.7. The maximum absolute atomic E-state index is 12.9. The fourth-order valence-corrected chi connectivity index (χ4v) is 6.14. The van der Waals surface area contributed by atoms with Crippen molar-refractivity contribution in [1.82, 2.24) is 14.5 Å². The first-order valence-electron chi connectivity index (χ1n) is 9.54. The van der Waals surface area contributed by atoms with E-state index in [9.17, 15) is 22.8 Å². The summed E-state index contributed by atoms with van der Waals surface area (Å²) in [7, 11) is -3.59. The summed E-state index contributed by atoms with van der Waals surface area (Å²) in [6.07, 6.45) is 1.01. The number of piperidine rings is 1. The Morgan fingerprint density at radius 2 is 1.76 bits per heavy atom. The molecular formula is C19H25N3O5S2. The van der Waals surface area contributed by atoms with Gasteiger partial charge in [0.15, 0.2) is 0 Å². The fourth-order valence-electron chi connectivity index (χ4n) is 3.71. The van der Waals surface area contributed by atoms with Crippen LogP contribution in [0.15, 0.2) is 29.2 Å². The molecule has 2 fully saturated rings. The highest BCUT2D eigenvalue weighted by Crippen LogP contribution is 2.26. The Balaban J connectivity index is 1.59. The number of hydrogen-bond acceptors (Lipinski definition) is 6. The Hall–Kier alpha value is -1.91. The van der Waals surface area contributed by atoms with E-state index in [0.717, 1.165) is 23.1 Å². The third kappa shape index (κ3) is 4.99. The predicted octanol–water partition coefficient (Wildman–Crippen LogP) is 1.78. The van der Waals surface area contributed by atoms with Crippen LogP contribution in [-0.4, -0.2) is 66.6 Å². The molecule has 29 heavy (non-hydrogen) atoms. The van der Waals surface area contributed by atoms with Crippen LogP contribution in [0.4, 0.5) is 4.79 Å². The van der Waals surface area contributed by atoms with E-state index >= 15 is 0 Å². The summed E-state index contributed by atoms with van der Waals surface area (Å²) in [6.45, 7) is 5.36. The standard InChI is InChI=1S/C19H25N3O5S2/c1-13-9-14(2)11-21(10-13)29(26,27)16-5-3-15(4-6-16)18(24)20-7-8-22-17(23)12-28-19(22)25/h3-6,13-14H,7-12H2,1-2H3,(H,20,24). The van der Waals surface area contributed by atoms with E-state index in [-0.39, 0.29) is 40.8 Å². The highest BCUT2D eigenvalue weighted by molar-refractivity contribution is 8.14. The van der Waals surface area contributed by atoms with E-state index < -0.39 is 10.0 Å². The Kier molecular flexibility index (Phi) is 6.65. The number of amides is 3. The first-order valence-corrected chi connectivity index (χ1v) is 12.0. The van der Waals surface area contributed by atoms with Gasteiger partial charge in [0.2, 0.25) is 15.9 Å². The Morgan fingerprint density at radius 1 is 1.14 bits per heavy atom. The Morgan fingerprint density at radius 3 is 2.31 bits per heavy atom. The molecule has 158 valence electrons. The first kappa shape index (κ1) is 21.8. The average Bonchev–Trinajstić information content (AvgIpc) is 2.99. The van der Waals surface area contributed by atoms with Crippen LogP contribution in [0.5, 0.6) is 0 Å². The molecule has 2 saturated heterocycles. The second-order valence-corrected chi connectivity index (χ2v) is 10.5. The van der Waals surface area contributed by atoms with Gasteiger partial charge in [0.05, 0.1) is 10.6 Å². The number of thioether (sulfide) groups is 1. The minimum Gasteiger partial charge on any atom is -0.350 e. The molecule has 2 aliphatic rings. The summed E-state index contributed by atoms with van der Waals surface area (Å²) < 4.78 is 27.3. The van der Waals surface area contributed by atoms with Gasteiger partial charge in [-0.2, -0.15) is 4.31 Å². The van der Waals surface area contributed by atoms with Crippen LogP contribution >= 0.6 is 11.8 Å². The van der Waals surface area contributed by atoms with Crippen molar-refractivity contribution in [2.45, 2.75) is 25.2 Å². The van der Waals surface area contributed by atoms with Gasteiger partial charge in [-0.3, -0.25) is 19.3 Å². The van der Waals surface area contributed by atoms with Crippen molar-refractivity contribution >= 4 is 38.8 Å². The largest absolute Gasteiger partial charge is 0.350 e. The molecule has 0 aromatic heterocycles. The van der Waals surface area contributed by atoms with Crippen LogP contribution in [0.25, 0.3) is 0 Å². The molecule has 2 heterocycles. The lowest BCUT2D eigenvalue weighted by Crippen LogP contribution is -2.42. The third-order valence-electron chi connectivity index (χ3n) is 5.05. The maximum atomic E-state index is 12.9. The molecule has 1 N–H and O–H groups in total. The smallest absolute Gasteiger partial charge is 0.288 e. The number of hydrogen-bond donors (Lipinski definition) is 1. The van der Waals surface area contributed by atoms with Crippen LogP contribution < -0.4 is 5.32 Å². The highest BCUT2D eigenvalue weighted by Gasteiger charge is 2.32. The number of rotatable bonds is 6. The Labute approximate surface area is 175 Å². The van der Waals surface area contributed by atoms with Gasteiger partial charge in [0, 0.05) is 31.7 Å². The molecule has 0 spiro atoms. The number of sulfonamides is 1. The van der Waals surface area contributed by atoms with Crippen LogP contribution in [0, 0.1) is 11.8 Å². The van der Waals surface area contributed by atoms with Gasteiger partial charge in [-0.1, -0.05) is 25.6 Å². The molecule has 0 saturated carbocycles. The molecule has 0 radical (unpaired) electrons. The van der Waals surface area contributed by atoms with Crippen molar-refractivity contribution in [2.24, 2.45) is 11.8 Å². The Bertz CT molecular complexity index is 875. The molecule has 0 bridgehead atoms. The minimum absolute atomic E-state index is 0.119. The van der Waals surface area contributed by atoms with Gasteiger partial charge in [-0.25, -0.2) is 8.42 Å². The molecule has 1 aromatic rings. The zero-order valence-electron chi connectivity index (χ0n) is 16.5. The molecule has 1 aromatic carbocycles. The summed E-state index contributed by atoms with van der Waals surface area (Å²) in [4.78, 5) is 36.6. The van der Waals surface area contributed by atoms with E-state index in [0.29, 0.717) is 30.5 Å². The summed E-state index contributed by atoms with van der Waals surface area (Å²) >= 11 is 0.948. The summed E-state index contributed by atoms with van der Waals surface area (Å²) in [6, 6.07) is 5.83.